The van der Waals surface area contributed by atoms with Gasteiger partial charge in [0.15, 0.2) is 0 Å². The zero-order valence-electron chi connectivity index (χ0n) is 14.0. The zero-order chi connectivity index (χ0) is 17.3. The van der Waals surface area contributed by atoms with Crippen molar-refractivity contribution >= 4 is 11.9 Å². The molecule has 1 aliphatic heterocycles. The molecule has 3 unspecified atom stereocenters. The van der Waals surface area contributed by atoms with Gasteiger partial charge in [-0.25, -0.2) is 4.79 Å². The number of benzene rings is 1. The first kappa shape index (κ1) is 17.5. The first-order chi connectivity index (χ1) is 10.7. The van der Waals surface area contributed by atoms with E-state index in [0.29, 0.717) is 12.8 Å². The van der Waals surface area contributed by atoms with Crippen molar-refractivity contribution in [1.82, 2.24) is 4.90 Å². The Morgan fingerprint density at radius 2 is 2.00 bits per heavy atom. The van der Waals surface area contributed by atoms with Crippen LogP contribution < -0.4 is 0 Å². The van der Waals surface area contributed by atoms with Gasteiger partial charge in [-0.05, 0) is 25.3 Å². The predicted molar refractivity (Wildman–Crippen MR) is 87.3 cm³/mol. The third-order valence-electron chi connectivity index (χ3n) is 5.03. The molecule has 2 N–H and O–H groups in total. The first-order valence-corrected chi connectivity index (χ1v) is 7.98. The second-order valence-electron chi connectivity index (χ2n) is 7.01. The molecule has 0 aromatic heterocycles. The van der Waals surface area contributed by atoms with E-state index in [2.05, 4.69) is 0 Å². The maximum absolute atomic E-state index is 13.0. The third-order valence-corrected chi connectivity index (χ3v) is 5.03. The van der Waals surface area contributed by atoms with E-state index in [1.165, 1.54) is 4.90 Å². The Balaban J connectivity index is 2.36. The number of carbonyl (C=O) groups is 2. The van der Waals surface area contributed by atoms with Crippen LogP contribution in [0.2, 0.25) is 0 Å². The van der Waals surface area contributed by atoms with Gasteiger partial charge < -0.3 is 15.1 Å². The highest BCUT2D eigenvalue weighted by atomic mass is 16.4. The van der Waals surface area contributed by atoms with Crippen molar-refractivity contribution in [3.63, 3.8) is 0 Å². The van der Waals surface area contributed by atoms with Gasteiger partial charge in [0.1, 0.15) is 5.78 Å². The summed E-state index contributed by atoms with van der Waals surface area (Å²) in [7, 11) is 0. The zero-order valence-corrected chi connectivity index (χ0v) is 14.0. The molecule has 0 spiro atoms. The molecule has 23 heavy (non-hydrogen) atoms. The molecule has 5 nitrogen and oxygen atoms in total. The van der Waals surface area contributed by atoms with Crippen molar-refractivity contribution in [2.45, 2.75) is 39.2 Å². The van der Waals surface area contributed by atoms with Crippen LogP contribution in [-0.4, -0.2) is 45.7 Å². The van der Waals surface area contributed by atoms with Crippen LogP contribution in [0.4, 0.5) is 4.79 Å². The smallest absolute Gasteiger partial charge is 0.407 e. The Hall–Kier alpha value is -1.88. The SMILES string of the molecule is CCC(C)(O)C1CN(C(=O)O)CC(C)(Cc2ccccc2)C1=O. The maximum Gasteiger partial charge on any atom is 0.407 e. The Labute approximate surface area is 136 Å². The summed E-state index contributed by atoms with van der Waals surface area (Å²) in [6, 6.07) is 9.58. The number of carboxylic acid groups (broad SMARTS) is 1. The monoisotopic (exact) mass is 319 g/mol. The minimum atomic E-state index is -1.21. The van der Waals surface area contributed by atoms with Gasteiger partial charge in [0.25, 0.3) is 0 Å². The summed E-state index contributed by atoms with van der Waals surface area (Å²) < 4.78 is 0. The van der Waals surface area contributed by atoms with E-state index in [1.54, 1.807) is 13.8 Å². The van der Waals surface area contributed by atoms with Crippen LogP contribution in [0.25, 0.3) is 0 Å². The summed E-state index contributed by atoms with van der Waals surface area (Å²) in [5.74, 6) is -0.753. The van der Waals surface area contributed by atoms with Gasteiger partial charge >= 0.3 is 6.09 Å². The Morgan fingerprint density at radius 1 is 1.39 bits per heavy atom. The molecule has 126 valence electrons. The minimum Gasteiger partial charge on any atom is -0.465 e. The molecule has 0 bridgehead atoms. The number of ketones is 1. The molecule has 1 saturated heterocycles. The van der Waals surface area contributed by atoms with Crippen LogP contribution in [0.1, 0.15) is 32.8 Å². The van der Waals surface area contributed by atoms with Gasteiger partial charge in [0.2, 0.25) is 0 Å². The summed E-state index contributed by atoms with van der Waals surface area (Å²) in [4.78, 5) is 25.8. The predicted octanol–water partition coefficient (Wildman–Crippen LogP) is 2.58. The average Bonchev–Trinajstić information content (AvgIpc) is 2.50. The molecular weight excluding hydrogens is 294 g/mol. The van der Waals surface area contributed by atoms with Gasteiger partial charge in [0, 0.05) is 18.5 Å². The van der Waals surface area contributed by atoms with Crippen LogP contribution in [0.15, 0.2) is 30.3 Å². The summed E-state index contributed by atoms with van der Waals surface area (Å²) in [5, 5.41) is 20.0. The van der Waals surface area contributed by atoms with Crippen molar-refractivity contribution in [1.29, 1.82) is 0 Å². The van der Waals surface area contributed by atoms with E-state index in [0.717, 1.165) is 5.56 Å². The van der Waals surface area contributed by atoms with Crippen LogP contribution in [-0.2, 0) is 11.2 Å². The maximum atomic E-state index is 13.0. The fourth-order valence-electron chi connectivity index (χ4n) is 3.35. The molecule has 1 aromatic rings. The van der Waals surface area contributed by atoms with Gasteiger partial charge in [0.05, 0.1) is 11.5 Å². The molecule has 1 fully saturated rings. The molecule has 0 radical (unpaired) electrons. The fourth-order valence-corrected chi connectivity index (χ4v) is 3.35. The first-order valence-electron chi connectivity index (χ1n) is 7.98. The molecule has 1 heterocycles. The van der Waals surface area contributed by atoms with E-state index < -0.39 is 23.0 Å². The van der Waals surface area contributed by atoms with E-state index in [9.17, 15) is 19.8 Å². The van der Waals surface area contributed by atoms with Crippen molar-refractivity contribution in [2.75, 3.05) is 13.1 Å². The van der Waals surface area contributed by atoms with Crippen molar-refractivity contribution in [3.05, 3.63) is 35.9 Å². The number of Topliss-reactive ketones (excluding diaryl/α,β-unsaturated/α-hetero) is 1. The second-order valence-corrected chi connectivity index (χ2v) is 7.01. The van der Waals surface area contributed by atoms with Crippen molar-refractivity contribution in [3.8, 4) is 0 Å². The summed E-state index contributed by atoms with van der Waals surface area (Å²) in [6.45, 7) is 5.44. The van der Waals surface area contributed by atoms with Crippen LogP contribution in [0.5, 0.6) is 0 Å². The molecule has 1 aliphatic rings. The van der Waals surface area contributed by atoms with Crippen LogP contribution >= 0.6 is 0 Å². The summed E-state index contributed by atoms with van der Waals surface area (Å²) >= 11 is 0. The quantitative estimate of drug-likeness (QED) is 0.894. The van der Waals surface area contributed by atoms with Crippen molar-refractivity contribution < 1.29 is 19.8 Å². The summed E-state index contributed by atoms with van der Waals surface area (Å²) in [5.41, 5.74) is -1.05. The van der Waals surface area contributed by atoms with Gasteiger partial charge in [-0.3, -0.25) is 4.79 Å². The number of hydrogen-bond donors (Lipinski definition) is 2. The largest absolute Gasteiger partial charge is 0.465 e. The van der Waals surface area contributed by atoms with E-state index >= 15 is 0 Å². The molecule has 1 aromatic carbocycles. The third kappa shape index (κ3) is 3.55. The normalized spacial score (nSPS) is 27.6. The fraction of sp³-hybridized carbons (Fsp3) is 0.556. The average molecular weight is 319 g/mol. The Morgan fingerprint density at radius 3 is 2.52 bits per heavy atom. The van der Waals surface area contributed by atoms with Crippen LogP contribution in [0.3, 0.4) is 0 Å². The number of rotatable bonds is 4. The minimum absolute atomic E-state index is 0.0503. The second kappa shape index (κ2) is 6.32. The lowest BCUT2D eigenvalue weighted by Gasteiger charge is -2.46. The van der Waals surface area contributed by atoms with Crippen LogP contribution in [0, 0.1) is 11.3 Å². The Bertz CT molecular complexity index is 584. The van der Waals surface area contributed by atoms with Crippen molar-refractivity contribution in [2.24, 2.45) is 11.3 Å². The topological polar surface area (TPSA) is 77.8 Å². The standard InChI is InChI=1S/C18H25NO4/c1-4-18(3,23)14-11-19(16(21)22)12-17(2,15(14)20)10-13-8-6-5-7-9-13/h5-9,14,23H,4,10-12H2,1-3H3,(H,21,22). The molecular formula is C18H25NO4. The van der Waals surface area contributed by atoms with E-state index in [1.807, 2.05) is 37.3 Å². The highest BCUT2D eigenvalue weighted by molar-refractivity contribution is 5.90. The molecule has 5 heteroatoms. The number of aliphatic hydroxyl groups is 1. The molecule has 0 saturated carbocycles. The van der Waals surface area contributed by atoms with E-state index in [4.69, 9.17) is 0 Å². The highest BCUT2D eigenvalue weighted by Crippen LogP contribution is 2.38. The van der Waals surface area contributed by atoms with E-state index in [-0.39, 0.29) is 18.9 Å². The number of likely N-dealkylation sites (tertiary alicyclic amines) is 1. The Kier molecular flexibility index (Phi) is 4.80. The lowest BCUT2D eigenvalue weighted by molar-refractivity contribution is -0.148. The van der Waals surface area contributed by atoms with Gasteiger partial charge in [-0.2, -0.15) is 0 Å². The number of carbonyl (C=O) groups excluding carboxylic acids is 1. The highest BCUT2D eigenvalue weighted by Gasteiger charge is 2.50. The lowest BCUT2D eigenvalue weighted by Crippen LogP contribution is -2.60. The number of nitrogens with zero attached hydrogens (tertiary/aromatic N) is 1. The van der Waals surface area contributed by atoms with Gasteiger partial charge in [-0.1, -0.05) is 44.2 Å². The number of amides is 1. The lowest BCUT2D eigenvalue weighted by atomic mass is 9.67. The molecule has 2 rings (SSSR count). The molecule has 0 aliphatic carbocycles. The molecule has 1 amide bonds. The molecule has 3 atom stereocenters. The number of hydrogen-bond acceptors (Lipinski definition) is 3. The summed E-state index contributed by atoms with van der Waals surface area (Å²) in [6.07, 6.45) is -0.181. The van der Waals surface area contributed by atoms with Gasteiger partial charge in [-0.15, -0.1) is 0 Å². The number of piperidine rings is 1.